The minimum Gasteiger partial charge on any atom is -0.381 e. The standard InChI is InChI=1S/C12H13N3O2S/c16-11(8-3-2-6-17-7-8)14-12-9-4-1-5-13-10(9)15-18-12/h1,4-5,8H,2-3,6-7H2,(H,14,16). The molecule has 0 radical (unpaired) electrons. The Morgan fingerprint density at radius 1 is 1.56 bits per heavy atom. The molecule has 3 heterocycles. The summed E-state index contributed by atoms with van der Waals surface area (Å²) >= 11 is 1.27. The minimum atomic E-state index is -0.0485. The highest BCUT2D eigenvalue weighted by molar-refractivity contribution is 7.12. The van der Waals surface area contributed by atoms with Gasteiger partial charge >= 0.3 is 0 Å². The molecule has 1 unspecified atom stereocenters. The molecule has 1 aliphatic rings. The molecule has 0 aliphatic carbocycles. The van der Waals surface area contributed by atoms with Crippen molar-refractivity contribution in [2.75, 3.05) is 18.5 Å². The summed E-state index contributed by atoms with van der Waals surface area (Å²) < 4.78 is 9.53. The summed E-state index contributed by atoms with van der Waals surface area (Å²) in [6.07, 6.45) is 3.53. The largest absolute Gasteiger partial charge is 0.381 e. The summed E-state index contributed by atoms with van der Waals surface area (Å²) in [5.41, 5.74) is 0.678. The fraction of sp³-hybridized carbons (Fsp3) is 0.417. The van der Waals surface area contributed by atoms with Crippen LogP contribution in [0.15, 0.2) is 18.3 Å². The molecule has 94 valence electrons. The van der Waals surface area contributed by atoms with E-state index < -0.39 is 0 Å². The van der Waals surface area contributed by atoms with Crippen molar-refractivity contribution in [1.29, 1.82) is 0 Å². The SMILES string of the molecule is O=C(Nc1snc2ncccc12)C1CCCOC1. The van der Waals surface area contributed by atoms with E-state index >= 15 is 0 Å². The van der Waals surface area contributed by atoms with Gasteiger partial charge in [-0.15, -0.1) is 0 Å². The van der Waals surface area contributed by atoms with E-state index in [-0.39, 0.29) is 11.8 Å². The van der Waals surface area contributed by atoms with E-state index in [1.807, 2.05) is 12.1 Å². The van der Waals surface area contributed by atoms with E-state index in [1.165, 1.54) is 11.5 Å². The first-order chi connectivity index (χ1) is 8.84. The summed E-state index contributed by atoms with van der Waals surface area (Å²) in [4.78, 5) is 16.2. The molecule has 0 aromatic carbocycles. The lowest BCUT2D eigenvalue weighted by atomic mass is 10.0. The fourth-order valence-electron chi connectivity index (χ4n) is 2.04. The lowest BCUT2D eigenvalue weighted by molar-refractivity contribution is -0.123. The van der Waals surface area contributed by atoms with E-state index in [1.54, 1.807) is 6.20 Å². The van der Waals surface area contributed by atoms with E-state index in [0.29, 0.717) is 12.3 Å². The monoisotopic (exact) mass is 263 g/mol. The van der Waals surface area contributed by atoms with E-state index in [4.69, 9.17) is 4.74 Å². The van der Waals surface area contributed by atoms with Gasteiger partial charge < -0.3 is 10.1 Å². The number of ether oxygens (including phenoxy) is 1. The number of nitrogens with zero attached hydrogens (tertiary/aromatic N) is 2. The fourth-order valence-corrected chi connectivity index (χ4v) is 2.76. The van der Waals surface area contributed by atoms with Gasteiger partial charge in [0.15, 0.2) is 5.65 Å². The average molecular weight is 263 g/mol. The van der Waals surface area contributed by atoms with Gasteiger partial charge in [-0.1, -0.05) is 0 Å². The highest BCUT2D eigenvalue weighted by Gasteiger charge is 2.22. The average Bonchev–Trinajstić information content (AvgIpc) is 2.83. The first-order valence-corrected chi connectivity index (χ1v) is 6.71. The van der Waals surface area contributed by atoms with Crippen LogP contribution >= 0.6 is 11.5 Å². The number of carbonyl (C=O) groups excluding carboxylic acids is 1. The highest BCUT2D eigenvalue weighted by Crippen LogP contribution is 2.27. The lowest BCUT2D eigenvalue weighted by Gasteiger charge is -2.20. The summed E-state index contributed by atoms with van der Waals surface area (Å²) in [5, 5.41) is 4.60. The molecule has 1 saturated heterocycles. The van der Waals surface area contributed by atoms with Crippen molar-refractivity contribution in [3.05, 3.63) is 18.3 Å². The molecular weight excluding hydrogens is 250 g/mol. The molecule has 6 heteroatoms. The number of rotatable bonds is 2. The zero-order valence-electron chi connectivity index (χ0n) is 9.76. The van der Waals surface area contributed by atoms with Crippen molar-refractivity contribution in [2.45, 2.75) is 12.8 Å². The smallest absolute Gasteiger partial charge is 0.230 e. The Hall–Kier alpha value is -1.53. The van der Waals surface area contributed by atoms with Crippen LogP contribution in [0.4, 0.5) is 5.00 Å². The van der Waals surface area contributed by atoms with Gasteiger partial charge in [-0.3, -0.25) is 4.79 Å². The Morgan fingerprint density at radius 2 is 2.50 bits per heavy atom. The molecule has 18 heavy (non-hydrogen) atoms. The van der Waals surface area contributed by atoms with Gasteiger partial charge in [-0.2, -0.15) is 4.37 Å². The van der Waals surface area contributed by atoms with Crippen molar-refractivity contribution in [1.82, 2.24) is 9.36 Å². The van der Waals surface area contributed by atoms with Crippen molar-refractivity contribution in [3.8, 4) is 0 Å². The third-order valence-corrected chi connectivity index (χ3v) is 3.79. The normalized spacial score (nSPS) is 19.9. The van der Waals surface area contributed by atoms with Gasteiger partial charge in [-0.05, 0) is 36.5 Å². The predicted molar refractivity (Wildman–Crippen MR) is 69.6 cm³/mol. The van der Waals surface area contributed by atoms with Crippen LogP contribution in [-0.4, -0.2) is 28.5 Å². The maximum absolute atomic E-state index is 12.1. The highest BCUT2D eigenvalue weighted by atomic mass is 32.1. The van der Waals surface area contributed by atoms with E-state index in [2.05, 4.69) is 14.7 Å². The topological polar surface area (TPSA) is 64.1 Å². The van der Waals surface area contributed by atoms with Crippen LogP contribution in [0.25, 0.3) is 11.0 Å². The first kappa shape index (κ1) is 11.6. The molecule has 2 aromatic rings. The number of anilines is 1. The number of aromatic nitrogens is 2. The number of fused-ring (bicyclic) bond motifs is 1. The minimum absolute atomic E-state index is 0.0177. The van der Waals surface area contributed by atoms with Crippen LogP contribution < -0.4 is 5.32 Å². The Labute approximate surface area is 108 Å². The maximum atomic E-state index is 12.1. The second kappa shape index (κ2) is 4.99. The number of nitrogens with one attached hydrogen (secondary N) is 1. The van der Waals surface area contributed by atoms with Crippen molar-refractivity contribution >= 4 is 33.5 Å². The first-order valence-electron chi connectivity index (χ1n) is 5.93. The molecular formula is C12H13N3O2S. The van der Waals surface area contributed by atoms with Gasteiger partial charge in [0.1, 0.15) is 5.00 Å². The lowest BCUT2D eigenvalue weighted by Crippen LogP contribution is -2.29. The maximum Gasteiger partial charge on any atom is 0.230 e. The van der Waals surface area contributed by atoms with Gasteiger partial charge in [0.25, 0.3) is 0 Å². The van der Waals surface area contributed by atoms with Crippen molar-refractivity contribution < 1.29 is 9.53 Å². The van der Waals surface area contributed by atoms with Crippen LogP contribution in [0, 0.1) is 5.92 Å². The number of hydrogen-bond acceptors (Lipinski definition) is 5. The molecule has 2 aromatic heterocycles. The van der Waals surface area contributed by atoms with Gasteiger partial charge in [-0.25, -0.2) is 4.98 Å². The zero-order valence-corrected chi connectivity index (χ0v) is 10.6. The van der Waals surface area contributed by atoms with Gasteiger partial charge in [0.2, 0.25) is 5.91 Å². The Bertz CT molecular complexity index is 563. The second-order valence-electron chi connectivity index (χ2n) is 4.29. The van der Waals surface area contributed by atoms with Crippen LogP contribution in [0.5, 0.6) is 0 Å². The van der Waals surface area contributed by atoms with Gasteiger partial charge in [0, 0.05) is 12.8 Å². The Morgan fingerprint density at radius 3 is 3.33 bits per heavy atom. The Kier molecular flexibility index (Phi) is 3.21. The van der Waals surface area contributed by atoms with Gasteiger partial charge in [0.05, 0.1) is 17.9 Å². The number of hydrogen-bond donors (Lipinski definition) is 1. The number of amides is 1. The molecule has 3 rings (SSSR count). The van der Waals surface area contributed by atoms with Crippen molar-refractivity contribution in [3.63, 3.8) is 0 Å². The van der Waals surface area contributed by atoms with Crippen LogP contribution in [0.1, 0.15) is 12.8 Å². The number of pyridine rings is 1. The quantitative estimate of drug-likeness (QED) is 0.900. The Balaban J connectivity index is 1.77. The van der Waals surface area contributed by atoms with Crippen LogP contribution in [0.2, 0.25) is 0 Å². The van der Waals surface area contributed by atoms with Crippen molar-refractivity contribution in [2.24, 2.45) is 5.92 Å². The molecule has 0 saturated carbocycles. The van der Waals surface area contributed by atoms with E-state index in [0.717, 1.165) is 29.8 Å². The second-order valence-corrected chi connectivity index (χ2v) is 5.06. The zero-order chi connectivity index (χ0) is 12.4. The summed E-state index contributed by atoms with van der Waals surface area (Å²) in [5.74, 6) is -0.0309. The molecule has 0 spiro atoms. The summed E-state index contributed by atoms with van der Waals surface area (Å²) in [6.45, 7) is 1.28. The molecule has 1 atom stereocenters. The molecule has 1 N–H and O–H groups in total. The summed E-state index contributed by atoms with van der Waals surface area (Å²) in [7, 11) is 0. The van der Waals surface area contributed by atoms with Crippen LogP contribution in [-0.2, 0) is 9.53 Å². The number of carbonyl (C=O) groups is 1. The molecule has 1 amide bonds. The van der Waals surface area contributed by atoms with E-state index in [9.17, 15) is 4.79 Å². The predicted octanol–water partition coefficient (Wildman–Crippen LogP) is 2.06. The molecule has 0 bridgehead atoms. The molecule has 5 nitrogen and oxygen atoms in total. The third kappa shape index (κ3) is 2.21. The third-order valence-electron chi connectivity index (χ3n) is 3.02. The molecule has 1 aliphatic heterocycles. The summed E-state index contributed by atoms with van der Waals surface area (Å²) in [6, 6.07) is 3.76. The van der Waals surface area contributed by atoms with Crippen LogP contribution in [0.3, 0.4) is 0 Å². The molecule has 1 fully saturated rings.